The van der Waals surface area contributed by atoms with Crippen molar-refractivity contribution in [2.45, 2.75) is 124 Å². The van der Waals surface area contributed by atoms with Crippen LogP contribution in [0.25, 0.3) is 0 Å². The molecule has 4 heteroatoms. The van der Waals surface area contributed by atoms with Crippen molar-refractivity contribution in [1.82, 2.24) is 0 Å². The summed E-state index contributed by atoms with van der Waals surface area (Å²) in [5.41, 5.74) is 0.368. The summed E-state index contributed by atoms with van der Waals surface area (Å²) in [5.74, 6) is 1.92. The van der Waals surface area contributed by atoms with E-state index in [1.165, 1.54) is 32.1 Å². The highest BCUT2D eigenvalue weighted by molar-refractivity contribution is 6.74. The van der Waals surface area contributed by atoms with E-state index in [2.05, 4.69) is 47.7 Å². The molecule has 5 atom stereocenters. The molecule has 2 fully saturated rings. The first kappa shape index (κ1) is 23.9. The summed E-state index contributed by atoms with van der Waals surface area (Å²) in [6.45, 7) is 20.6. The van der Waals surface area contributed by atoms with Crippen LogP contribution in [0.3, 0.4) is 0 Å². The molecular weight excluding hydrogens is 364 g/mol. The van der Waals surface area contributed by atoms with Crippen molar-refractivity contribution in [3.8, 4) is 0 Å². The summed E-state index contributed by atoms with van der Waals surface area (Å²) in [6, 6.07) is 0. The van der Waals surface area contributed by atoms with E-state index >= 15 is 0 Å². The molecule has 2 rings (SSSR count). The zero-order valence-corrected chi connectivity index (χ0v) is 21.1. The number of ether oxygens (including phenoxy) is 1. The summed E-state index contributed by atoms with van der Waals surface area (Å²) >= 11 is 0. The third-order valence-corrected chi connectivity index (χ3v) is 12.8. The van der Waals surface area contributed by atoms with Crippen LogP contribution in [0.1, 0.15) is 93.4 Å². The summed E-state index contributed by atoms with van der Waals surface area (Å²) in [6.07, 6.45) is 8.35. The van der Waals surface area contributed by atoms with E-state index < -0.39 is 8.32 Å². The Morgan fingerprint density at radius 3 is 2.36 bits per heavy atom. The smallest absolute Gasteiger partial charge is 0.306 e. The second kappa shape index (κ2) is 8.79. The molecule has 2 aliphatic carbocycles. The molecule has 0 N–H and O–H groups in total. The van der Waals surface area contributed by atoms with Gasteiger partial charge in [-0.3, -0.25) is 4.79 Å². The highest BCUT2D eigenvalue weighted by atomic mass is 28.4. The van der Waals surface area contributed by atoms with Gasteiger partial charge in [-0.1, -0.05) is 41.0 Å². The quantitative estimate of drug-likeness (QED) is 0.336. The fourth-order valence-corrected chi connectivity index (χ4v) is 7.05. The molecule has 164 valence electrons. The number of rotatable bonds is 7. The Morgan fingerprint density at radius 1 is 1.14 bits per heavy atom. The van der Waals surface area contributed by atoms with E-state index in [-0.39, 0.29) is 17.1 Å². The lowest BCUT2D eigenvalue weighted by atomic mass is 9.61. The monoisotopic (exact) mass is 410 g/mol. The van der Waals surface area contributed by atoms with Crippen LogP contribution >= 0.6 is 0 Å². The molecular formula is C24H46O3Si. The molecule has 0 saturated heterocycles. The van der Waals surface area contributed by atoms with Gasteiger partial charge in [0, 0.05) is 12.5 Å². The first-order chi connectivity index (χ1) is 12.8. The molecule has 0 spiro atoms. The van der Waals surface area contributed by atoms with Gasteiger partial charge in [-0.25, -0.2) is 0 Å². The summed E-state index contributed by atoms with van der Waals surface area (Å²) < 4.78 is 12.3. The van der Waals surface area contributed by atoms with Crippen LogP contribution in [0.2, 0.25) is 18.1 Å². The van der Waals surface area contributed by atoms with E-state index in [0.29, 0.717) is 35.7 Å². The van der Waals surface area contributed by atoms with Crippen LogP contribution in [0.4, 0.5) is 0 Å². The van der Waals surface area contributed by atoms with E-state index in [9.17, 15) is 4.79 Å². The van der Waals surface area contributed by atoms with Gasteiger partial charge in [0.25, 0.3) is 0 Å². The van der Waals surface area contributed by atoms with Crippen molar-refractivity contribution in [2.75, 3.05) is 0 Å². The topological polar surface area (TPSA) is 35.5 Å². The molecule has 3 nitrogen and oxygen atoms in total. The number of hydrogen-bond donors (Lipinski definition) is 0. The lowest BCUT2D eigenvalue weighted by molar-refractivity contribution is -0.147. The molecule has 2 saturated carbocycles. The van der Waals surface area contributed by atoms with Crippen LogP contribution in [0, 0.1) is 23.2 Å². The number of carbonyl (C=O) groups excluding carboxylic acids is 1. The van der Waals surface area contributed by atoms with Crippen LogP contribution < -0.4 is 0 Å². The Hall–Kier alpha value is -0.353. The Labute approximate surface area is 175 Å². The highest BCUT2D eigenvalue weighted by Crippen LogP contribution is 2.59. The molecule has 0 bridgehead atoms. The average molecular weight is 411 g/mol. The van der Waals surface area contributed by atoms with Crippen LogP contribution in [-0.4, -0.2) is 26.5 Å². The molecule has 0 radical (unpaired) electrons. The Balaban J connectivity index is 2.03. The van der Waals surface area contributed by atoms with Gasteiger partial charge in [-0.05, 0) is 87.3 Å². The maximum atomic E-state index is 12.0. The van der Waals surface area contributed by atoms with Gasteiger partial charge in [0.15, 0.2) is 8.32 Å². The fourth-order valence-electron chi connectivity index (χ4n) is 5.66. The number of fused-ring (bicyclic) bond motifs is 1. The standard InChI is InChI=1S/C24H46O3Si/c1-17(2)26-22(25)15-12-18(3)19-13-14-20-21(11-10-16-24(19,20)7)27-28(8,9)23(4,5)6/h17-21H,10-16H2,1-9H3/t18-,19-,20+,21?,24-/m1/s1. The van der Waals surface area contributed by atoms with Gasteiger partial charge in [0.2, 0.25) is 0 Å². The summed E-state index contributed by atoms with van der Waals surface area (Å²) in [4.78, 5) is 12.0. The first-order valence-electron chi connectivity index (χ1n) is 11.6. The first-order valence-corrected chi connectivity index (χ1v) is 14.6. The van der Waals surface area contributed by atoms with Gasteiger partial charge in [-0.2, -0.15) is 0 Å². The molecule has 0 aromatic heterocycles. The van der Waals surface area contributed by atoms with Crippen molar-refractivity contribution in [2.24, 2.45) is 23.2 Å². The van der Waals surface area contributed by atoms with Gasteiger partial charge in [0.05, 0.1) is 6.10 Å². The van der Waals surface area contributed by atoms with Crippen molar-refractivity contribution < 1.29 is 14.0 Å². The minimum atomic E-state index is -1.74. The maximum Gasteiger partial charge on any atom is 0.306 e. The zero-order valence-electron chi connectivity index (χ0n) is 20.1. The second-order valence-corrected chi connectivity index (χ2v) is 16.4. The lowest BCUT2D eigenvalue weighted by Gasteiger charge is -2.50. The molecule has 0 aromatic carbocycles. The molecule has 0 amide bonds. The SMILES string of the molecule is CC(C)OC(=O)CC[C@@H](C)[C@H]1CC[C@H]2C(O[Si](C)(C)C(C)(C)C)CCC[C@]12C. The Morgan fingerprint density at radius 2 is 1.79 bits per heavy atom. The van der Waals surface area contributed by atoms with Gasteiger partial charge >= 0.3 is 5.97 Å². The zero-order chi connectivity index (χ0) is 21.3. The third kappa shape index (κ3) is 5.22. The van der Waals surface area contributed by atoms with Crippen LogP contribution in [0.5, 0.6) is 0 Å². The van der Waals surface area contributed by atoms with E-state index in [1.807, 2.05) is 13.8 Å². The van der Waals surface area contributed by atoms with Gasteiger partial charge in [0.1, 0.15) is 0 Å². The molecule has 1 unspecified atom stereocenters. The van der Waals surface area contributed by atoms with Crippen molar-refractivity contribution in [3.63, 3.8) is 0 Å². The summed E-state index contributed by atoms with van der Waals surface area (Å²) in [7, 11) is -1.74. The average Bonchev–Trinajstić information content (AvgIpc) is 2.88. The molecule has 0 aromatic rings. The lowest BCUT2D eigenvalue weighted by Crippen LogP contribution is -2.50. The van der Waals surface area contributed by atoms with E-state index in [0.717, 1.165) is 6.42 Å². The Kier molecular flexibility index (Phi) is 7.51. The highest BCUT2D eigenvalue weighted by Gasteiger charge is 2.54. The van der Waals surface area contributed by atoms with E-state index in [4.69, 9.17) is 9.16 Å². The molecule has 0 heterocycles. The fraction of sp³-hybridized carbons (Fsp3) is 0.958. The third-order valence-electron chi connectivity index (χ3n) is 8.25. The molecule has 2 aliphatic rings. The largest absolute Gasteiger partial charge is 0.463 e. The number of esters is 1. The minimum Gasteiger partial charge on any atom is -0.463 e. The predicted molar refractivity (Wildman–Crippen MR) is 120 cm³/mol. The second-order valence-electron chi connectivity index (χ2n) is 11.7. The van der Waals surface area contributed by atoms with Crippen molar-refractivity contribution in [3.05, 3.63) is 0 Å². The molecule has 28 heavy (non-hydrogen) atoms. The van der Waals surface area contributed by atoms with Crippen LogP contribution in [0.15, 0.2) is 0 Å². The molecule has 0 aliphatic heterocycles. The van der Waals surface area contributed by atoms with Gasteiger partial charge < -0.3 is 9.16 Å². The number of carbonyl (C=O) groups is 1. The number of hydrogen-bond acceptors (Lipinski definition) is 3. The normalized spacial score (nSPS) is 32.3. The minimum absolute atomic E-state index is 0.0113. The predicted octanol–water partition coefficient (Wildman–Crippen LogP) is 6.96. The maximum absolute atomic E-state index is 12.0. The van der Waals surface area contributed by atoms with E-state index in [1.54, 1.807) is 0 Å². The van der Waals surface area contributed by atoms with Crippen molar-refractivity contribution in [1.29, 1.82) is 0 Å². The van der Waals surface area contributed by atoms with Crippen LogP contribution in [-0.2, 0) is 14.0 Å². The summed E-state index contributed by atoms with van der Waals surface area (Å²) in [5, 5.41) is 0.267. The Bertz CT molecular complexity index is 536. The van der Waals surface area contributed by atoms with Gasteiger partial charge in [-0.15, -0.1) is 0 Å². The van der Waals surface area contributed by atoms with Crippen molar-refractivity contribution >= 4 is 14.3 Å².